The summed E-state index contributed by atoms with van der Waals surface area (Å²) in [5.41, 5.74) is 3.69. The summed E-state index contributed by atoms with van der Waals surface area (Å²) < 4.78 is 0. The molecule has 0 amide bonds. The zero-order valence-corrected chi connectivity index (χ0v) is 19.8. The average Bonchev–Trinajstić information content (AvgIpc) is 3.31. The molecule has 0 radical (unpaired) electrons. The number of carbonyl (C=O) groups is 1. The fourth-order valence-corrected chi connectivity index (χ4v) is 5.34. The SMILES string of the molecule is O=C(c1c[nH]c2ccccc12)C(O)C(c1ccc(Cl)cc1)N1CCC(Cc2ccccc2)CC1. The average molecular weight is 473 g/mol. The summed E-state index contributed by atoms with van der Waals surface area (Å²) in [6.07, 6.45) is 3.67. The van der Waals surface area contributed by atoms with E-state index in [2.05, 4.69) is 40.2 Å². The molecule has 1 fully saturated rings. The van der Waals surface area contributed by atoms with Gasteiger partial charge in [0.1, 0.15) is 6.10 Å². The van der Waals surface area contributed by atoms with E-state index in [-0.39, 0.29) is 5.78 Å². The highest BCUT2D eigenvalue weighted by molar-refractivity contribution is 6.30. The number of fused-ring (bicyclic) bond motifs is 1. The Morgan fingerprint density at radius 3 is 2.38 bits per heavy atom. The number of benzene rings is 3. The minimum Gasteiger partial charge on any atom is -0.383 e. The second-order valence-corrected chi connectivity index (χ2v) is 9.66. The van der Waals surface area contributed by atoms with Crippen molar-refractivity contribution < 1.29 is 9.90 Å². The number of aromatic amines is 1. The van der Waals surface area contributed by atoms with Gasteiger partial charge in [-0.25, -0.2) is 0 Å². The van der Waals surface area contributed by atoms with E-state index in [1.165, 1.54) is 5.56 Å². The molecule has 1 aromatic heterocycles. The van der Waals surface area contributed by atoms with Crippen LogP contribution in [0.1, 0.15) is 40.4 Å². The third-order valence-corrected chi connectivity index (χ3v) is 7.30. The number of aromatic nitrogens is 1. The predicted molar refractivity (Wildman–Crippen MR) is 137 cm³/mol. The van der Waals surface area contributed by atoms with Crippen molar-refractivity contribution in [2.45, 2.75) is 31.4 Å². The summed E-state index contributed by atoms with van der Waals surface area (Å²) in [6.45, 7) is 1.67. The number of likely N-dealkylation sites (tertiary alicyclic amines) is 1. The van der Waals surface area contributed by atoms with Crippen LogP contribution in [-0.4, -0.2) is 40.0 Å². The third-order valence-electron chi connectivity index (χ3n) is 7.04. The fraction of sp³-hybridized carbons (Fsp3) is 0.276. The van der Waals surface area contributed by atoms with Gasteiger partial charge in [0.25, 0.3) is 0 Å². The van der Waals surface area contributed by atoms with Crippen molar-refractivity contribution in [2.75, 3.05) is 13.1 Å². The number of halogens is 1. The number of hydrogen-bond acceptors (Lipinski definition) is 3. The van der Waals surface area contributed by atoms with Crippen LogP contribution in [0, 0.1) is 5.92 Å². The third kappa shape index (κ3) is 4.80. The van der Waals surface area contributed by atoms with Gasteiger partial charge in [-0.05, 0) is 67.6 Å². The van der Waals surface area contributed by atoms with Crippen LogP contribution < -0.4 is 0 Å². The van der Waals surface area contributed by atoms with E-state index in [0.717, 1.165) is 48.8 Å². The molecular formula is C29H29ClN2O2. The number of aliphatic hydroxyl groups is 1. The molecule has 174 valence electrons. The molecule has 0 bridgehead atoms. The zero-order chi connectivity index (χ0) is 23.5. The van der Waals surface area contributed by atoms with Crippen LogP contribution in [-0.2, 0) is 6.42 Å². The van der Waals surface area contributed by atoms with E-state index >= 15 is 0 Å². The zero-order valence-electron chi connectivity index (χ0n) is 19.0. The van der Waals surface area contributed by atoms with Crippen molar-refractivity contribution in [3.8, 4) is 0 Å². The normalized spacial score (nSPS) is 17.0. The Balaban J connectivity index is 1.37. The quantitative estimate of drug-likeness (QED) is 0.321. The van der Waals surface area contributed by atoms with Gasteiger partial charge in [0.2, 0.25) is 0 Å². The van der Waals surface area contributed by atoms with E-state index < -0.39 is 12.1 Å². The Labute approximate surface area is 205 Å². The Morgan fingerprint density at radius 2 is 1.65 bits per heavy atom. The second-order valence-electron chi connectivity index (χ2n) is 9.22. The highest BCUT2D eigenvalue weighted by atomic mass is 35.5. The molecule has 2 N–H and O–H groups in total. The van der Waals surface area contributed by atoms with Gasteiger partial charge in [-0.1, -0.05) is 72.3 Å². The van der Waals surface area contributed by atoms with Crippen molar-refractivity contribution >= 4 is 28.3 Å². The number of nitrogens with zero attached hydrogens (tertiary/aromatic N) is 1. The number of para-hydroxylation sites is 1. The van der Waals surface area contributed by atoms with E-state index in [4.69, 9.17) is 11.6 Å². The van der Waals surface area contributed by atoms with Gasteiger partial charge in [-0.2, -0.15) is 0 Å². The lowest BCUT2D eigenvalue weighted by molar-refractivity contribution is 0.0265. The summed E-state index contributed by atoms with van der Waals surface area (Å²) in [7, 11) is 0. The lowest BCUT2D eigenvalue weighted by Crippen LogP contribution is -2.44. The molecule has 0 aliphatic carbocycles. The van der Waals surface area contributed by atoms with Crippen LogP contribution in [0.2, 0.25) is 5.02 Å². The molecular weight excluding hydrogens is 444 g/mol. The maximum Gasteiger partial charge on any atom is 0.195 e. The minimum absolute atomic E-state index is 0.260. The van der Waals surface area contributed by atoms with Crippen LogP contribution in [0.25, 0.3) is 10.9 Å². The van der Waals surface area contributed by atoms with Gasteiger partial charge in [-0.15, -0.1) is 0 Å². The lowest BCUT2D eigenvalue weighted by Gasteiger charge is -2.39. The number of hydrogen-bond donors (Lipinski definition) is 2. The number of piperidine rings is 1. The topological polar surface area (TPSA) is 56.3 Å². The Kier molecular flexibility index (Phi) is 6.82. The Bertz CT molecular complexity index is 1240. The molecule has 2 atom stereocenters. The molecule has 1 aliphatic heterocycles. The number of nitrogens with one attached hydrogen (secondary N) is 1. The molecule has 4 nitrogen and oxygen atoms in total. The van der Waals surface area contributed by atoms with E-state index in [1.54, 1.807) is 6.20 Å². The van der Waals surface area contributed by atoms with Gasteiger partial charge in [0, 0.05) is 27.7 Å². The fourth-order valence-electron chi connectivity index (χ4n) is 5.21. The van der Waals surface area contributed by atoms with Crippen molar-refractivity contribution in [1.82, 2.24) is 9.88 Å². The van der Waals surface area contributed by atoms with Crippen molar-refractivity contribution in [3.63, 3.8) is 0 Å². The molecule has 1 saturated heterocycles. The van der Waals surface area contributed by atoms with Crippen LogP contribution in [0.4, 0.5) is 0 Å². The van der Waals surface area contributed by atoms with Crippen LogP contribution >= 0.6 is 11.6 Å². The highest BCUT2D eigenvalue weighted by Gasteiger charge is 2.36. The smallest absolute Gasteiger partial charge is 0.195 e. The summed E-state index contributed by atoms with van der Waals surface area (Å²) in [5.74, 6) is 0.342. The molecule has 2 heterocycles. The summed E-state index contributed by atoms with van der Waals surface area (Å²) in [5, 5.41) is 12.9. The lowest BCUT2D eigenvalue weighted by atomic mass is 9.87. The van der Waals surface area contributed by atoms with Gasteiger partial charge in [0.15, 0.2) is 5.78 Å². The molecule has 1 aliphatic rings. The minimum atomic E-state index is -1.17. The van der Waals surface area contributed by atoms with Crippen LogP contribution in [0.5, 0.6) is 0 Å². The predicted octanol–water partition coefficient (Wildman–Crippen LogP) is 6.06. The molecule has 3 aromatic carbocycles. The highest BCUT2D eigenvalue weighted by Crippen LogP contribution is 2.33. The second kappa shape index (κ2) is 10.1. The first-order valence-electron chi connectivity index (χ1n) is 11.9. The number of H-pyrrole nitrogens is 1. The number of Topliss-reactive ketones (excluding diaryl/α,β-unsaturated/α-hetero) is 1. The number of aliphatic hydroxyl groups excluding tert-OH is 1. The molecule has 0 spiro atoms. The number of rotatable bonds is 7. The summed E-state index contributed by atoms with van der Waals surface area (Å²) in [6, 6.07) is 25.4. The molecule has 34 heavy (non-hydrogen) atoms. The van der Waals surface area contributed by atoms with Crippen molar-refractivity contribution in [3.05, 3.63) is 107 Å². The molecule has 4 aromatic rings. The first-order chi connectivity index (χ1) is 16.6. The van der Waals surface area contributed by atoms with Gasteiger partial charge in [0.05, 0.1) is 6.04 Å². The van der Waals surface area contributed by atoms with Crippen molar-refractivity contribution in [1.29, 1.82) is 0 Å². The van der Waals surface area contributed by atoms with E-state index in [9.17, 15) is 9.90 Å². The summed E-state index contributed by atoms with van der Waals surface area (Å²) in [4.78, 5) is 18.9. The van der Waals surface area contributed by atoms with E-state index in [1.807, 2.05) is 48.5 Å². The maximum atomic E-state index is 13.5. The monoisotopic (exact) mass is 472 g/mol. The van der Waals surface area contributed by atoms with E-state index in [0.29, 0.717) is 16.5 Å². The molecule has 5 heteroatoms. The van der Waals surface area contributed by atoms with Gasteiger partial charge >= 0.3 is 0 Å². The molecule has 2 unspecified atom stereocenters. The first-order valence-corrected chi connectivity index (χ1v) is 12.3. The molecule has 5 rings (SSSR count). The molecule has 0 saturated carbocycles. The number of carbonyl (C=O) groups excluding carboxylic acids is 1. The standard InChI is InChI=1S/C29H29ClN2O2/c30-23-12-10-22(11-13-23)27(29(34)28(33)25-19-31-26-9-5-4-8-24(25)26)32-16-14-21(15-17-32)18-20-6-2-1-3-7-20/h1-13,19,21,27,29,31,34H,14-18H2. The summed E-state index contributed by atoms with van der Waals surface area (Å²) >= 11 is 6.14. The first kappa shape index (κ1) is 22.9. The Morgan fingerprint density at radius 1 is 0.971 bits per heavy atom. The largest absolute Gasteiger partial charge is 0.383 e. The maximum absolute atomic E-state index is 13.5. The van der Waals surface area contributed by atoms with Gasteiger partial charge in [-0.3, -0.25) is 9.69 Å². The number of ketones is 1. The Hall–Kier alpha value is -2.92. The van der Waals surface area contributed by atoms with Crippen LogP contribution in [0.3, 0.4) is 0 Å². The van der Waals surface area contributed by atoms with Crippen LogP contribution in [0.15, 0.2) is 85.1 Å². The van der Waals surface area contributed by atoms with Crippen molar-refractivity contribution in [2.24, 2.45) is 5.92 Å². The van der Waals surface area contributed by atoms with Gasteiger partial charge < -0.3 is 10.1 Å².